The number of rotatable bonds is 13. The van der Waals surface area contributed by atoms with Crippen molar-refractivity contribution in [3.05, 3.63) is 108 Å². The van der Waals surface area contributed by atoms with Gasteiger partial charge in [0.25, 0.3) is 11.8 Å². The van der Waals surface area contributed by atoms with Crippen molar-refractivity contribution < 1.29 is 19.1 Å². The van der Waals surface area contributed by atoms with Crippen LogP contribution in [0, 0.1) is 0 Å². The fourth-order valence-corrected chi connectivity index (χ4v) is 6.16. The fourth-order valence-electron chi connectivity index (χ4n) is 3.81. The van der Waals surface area contributed by atoms with Crippen LogP contribution in [0.25, 0.3) is 0 Å². The van der Waals surface area contributed by atoms with E-state index in [4.69, 9.17) is 9.47 Å². The molecule has 0 radical (unpaired) electrons. The second-order valence-electron chi connectivity index (χ2n) is 9.79. The van der Waals surface area contributed by atoms with E-state index in [2.05, 4.69) is 24.5 Å². The number of hydrogen-bond donors (Lipinski definition) is 2. The number of carbonyl (C=O) groups excluding carboxylic acids is 2. The lowest BCUT2D eigenvalue weighted by atomic mass is 10.2. The van der Waals surface area contributed by atoms with Crippen molar-refractivity contribution in [1.82, 2.24) is 0 Å². The van der Waals surface area contributed by atoms with Crippen molar-refractivity contribution >= 4 is 44.8 Å². The van der Waals surface area contributed by atoms with E-state index < -0.39 is 0 Å². The van der Waals surface area contributed by atoms with Crippen LogP contribution in [-0.4, -0.2) is 24.0 Å². The van der Waals surface area contributed by atoms with E-state index in [1.165, 1.54) is 21.6 Å². The molecule has 0 spiro atoms. The number of amides is 2. The number of benzene rings is 4. The molecular formula is C34H36N2O4S2. The summed E-state index contributed by atoms with van der Waals surface area (Å²) in [4.78, 5) is 28.0. The normalized spacial score (nSPS) is 12.2. The van der Waals surface area contributed by atoms with E-state index >= 15 is 0 Å². The lowest BCUT2D eigenvalue weighted by Gasteiger charge is -2.14. The van der Waals surface area contributed by atoms with Gasteiger partial charge in [0.2, 0.25) is 0 Å². The highest BCUT2D eigenvalue weighted by Gasteiger charge is 2.16. The zero-order chi connectivity index (χ0) is 29.9. The molecule has 42 heavy (non-hydrogen) atoms. The van der Waals surface area contributed by atoms with E-state index in [0.29, 0.717) is 22.5 Å². The first-order valence-corrected chi connectivity index (χ1v) is 16.2. The minimum absolute atomic E-state index is 0.129. The summed E-state index contributed by atoms with van der Waals surface area (Å²) in [6, 6.07) is 29.6. The van der Waals surface area contributed by atoms with Crippen LogP contribution in [0.15, 0.2) is 107 Å². The third-order valence-corrected chi connectivity index (χ3v) is 9.02. The Hall–Kier alpha value is -3.88. The van der Waals surface area contributed by atoms with Gasteiger partial charge in [-0.2, -0.15) is 0 Å². The Balaban J connectivity index is 1.40. The summed E-state index contributed by atoms with van der Waals surface area (Å²) in [7, 11) is 2.88. The highest BCUT2D eigenvalue weighted by Crippen LogP contribution is 2.41. The second kappa shape index (κ2) is 15.4. The van der Waals surface area contributed by atoms with Crippen LogP contribution in [0.1, 0.15) is 61.3 Å². The summed E-state index contributed by atoms with van der Waals surface area (Å²) in [5.74, 6) is 1.12. The van der Waals surface area contributed by atoms with Crippen LogP contribution < -0.4 is 20.1 Å². The van der Waals surface area contributed by atoms with Gasteiger partial charge in [-0.25, -0.2) is 0 Å². The van der Waals surface area contributed by atoms with E-state index in [0.717, 1.165) is 34.1 Å². The van der Waals surface area contributed by atoms with Gasteiger partial charge in [-0.1, -0.05) is 59.7 Å². The Morgan fingerprint density at radius 1 is 0.595 bits per heavy atom. The van der Waals surface area contributed by atoms with Crippen molar-refractivity contribution in [3.8, 4) is 11.5 Å². The molecule has 0 saturated heterocycles. The average molecular weight is 601 g/mol. The van der Waals surface area contributed by atoms with Gasteiger partial charge in [-0.05, 0) is 99.5 Å². The summed E-state index contributed by atoms with van der Waals surface area (Å²) in [6.45, 7) is 8.20. The first-order valence-electron chi connectivity index (χ1n) is 14.0. The molecule has 4 aromatic rings. The number of nitrogens with one attached hydrogen (secondary N) is 2. The Morgan fingerprint density at radius 3 is 1.31 bits per heavy atom. The van der Waals surface area contributed by atoms with Gasteiger partial charge in [0.1, 0.15) is 11.5 Å². The highest BCUT2D eigenvalue weighted by atomic mass is 33.1. The molecule has 0 saturated carbocycles. The van der Waals surface area contributed by atoms with Crippen molar-refractivity contribution in [3.63, 3.8) is 0 Å². The van der Waals surface area contributed by atoms with Crippen LogP contribution >= 0.6 is 21.6 Å². The molecule has 6 nitrogen and oxygen atoms in total. The van der Waals surface area contributed by atoms with Gasteiger partial charge >= 0.3 is 0 Å². The number of hydrogen-bond acceptors (Lipinski definition) is 6. The molecule has 8 heteroatoms. The molecule has 2 amide bonds. The monoisotopic (exact) mass is 600 g/mol. The maximum Gasteiger partial charge on any atom is 0.256 e. The second-order valence-corrected chi connectivity index (χ2v) is 12.0. The summed E-state index contributed by atoms with van der Waals surface area (Å²) >= 11 is 0. The first-order chi connectivity index (χ1) is 20.4. The summed E-state index contributed by atoms with van der Waals surface area (Å²) < 4.78 is 11.7. The van der Waals surface area contributed by atoms with Crippen LogP contribution in [0.4, 0.5) is 11.4 Å². The van der Waals surface area contributed by atoms with Crippen LogP contribution in [0.2, 0.25) is 0 Å². The molecule has 4 aromatic carbocycles. The number of ether oxygens (including phenoxy) is 2. The molecule has 0 aromatic heterocycles. The molecular weight excluding hydrogens is 565 g/mol. The highest BCUT2D eigenvalue weighted by molar-refractivity contribution is 8.76. The van der Waals surface area contributed by atoms with Gasteiger partial charge in [0.15, 0.2) is 0 Å². The molecule has 2 N–H and O–H groups in total. The molecule has 0 fully saturated rings. The Labute approximate surface area is 256 Å². The third kappa shape index (κ3) is 8.81. The topological polar surface area (TPSA) is 76.7 Å². The zero-order valence-electron chi connectivity index (χ0n) is 24.3. The first kappa shape index (κ1) is 31.1. The zero-order valence-corrected chi connectivity index (χ0v) is 25.9. The molecule has 0 aliphatic carbocycles. The Kier molecular flexibility index (Phi) is 11.4. The van der Waals surface area contributed by atoms with Crippen molar-refractivity contribution in [2.75, 3.05) is 10.6 Å². The smallest absolute Gasteiger partial charge is 0.256 e. The van der Waals surface area contributed by atoms with E-state index in [-0.39, 0.29) is 24.0 Å². The molecule has 218 valence electrons. The third-order valence-electron chi connectivity index (χ3n) is 6.53. The van der Waals surface area contributed by atoms with Crippen molar-refractivity contribution in [2.24, 2.45) is 0 Å². The Bertz CT molecular complexity index is 1360. The summed E-state index contributed by atoms with van der Waals surface area (Å²) in [6.07, 6.45) is 2.10. The summed E-state index contributed by atoms with van der Waals surface area (Å²) in [5.41, 5.74) is 2.48. The standard InChI is InChI=1S/C34H36N2O4S2/c1-5-23(3)39-27-19-15-25(16-20-27)35-33(37)29-11-7-9-13-31(29)41-42-32-14-10-8-12-30(32)34(38)36-26-17-21-28(22-18-26)40-24(4)6-2/h7-24H,5-6H2,1-4H3,(H,35,37)(H,36,38). The molecule has 0 bridgehead atoms. The number of carbonyl (C=O) groups is 2. The molecule has 0 aliphatic heterocycles. The Morgan fingerprint density at radius 2 is 0.952 bits per heavy atom. The largest absolute Gasteiger partial charge is 0.491 e. The predicted molar refractivity (Wildman–Crippen MR) is 174 cm³/mol. The lowest BCUT2D eigenvalue weighted by molar-refractivity contribution is 0.101. The van der Waals surface area contributed by atoms with Gasteiger partial charge in [-0.3, -0.25) is 9.59 Å². The minimum atomic E-state index is -0.207. The maximum atomic E-state index is 13.2. The van der Waals surface area contributed by atoms with E-state index in [9.17, 15) is 9.59 Å². The van der Waals surface area contributed by atoms with Gasteiger partial charge < -0.3 is 20.1 Å². The minimum Gasteiger partial charge on any atom is -0.491 e. The predicted octanol–water partition coefficient (Wildman–Crippen LogP) is 9.35. The quantitative estimate of drug-likeness (QED) is 0.149. The van der Waals surface area contributed by atoms with Gasteiger partial charge in [-0.15, -0.1) is 0 Å². The van der Waals surface area contributed by atoms with Crippen molar-refractivity contribution in [2.45, 2.75) is 62.5 Å². The molecule has 0 aliphatic rings. The molecule has 4 rings (SSSR count). The SMILES string of the molecule is CCC(C)Oc1ccc(NC(=O)c2ccccc2SSc2ccccc2C(=O)Nc2ccc(OC(C)CC)cc2)cc1. The average Bonchev–Trinajstić information content (AvgIpc) is 3.02. The van der Waals surface area contributed by atoms with Crippen molar-refractivity contribution in [1.29, 1.82) is 0 Å². The molecule has 0 heterocycles. The lowest BCUT2D eigenvalue weighted by Crippen LogP contribution is -2.13. The maximum absolute atomic E-state index is 13.2. The number of anilines is 2. The van der Waals surface area contributed by atoms with E-state index in [1.807, 2.05) is 98.8 Å². The molecule has 2 unspecified atom stereocenters. The summed E-state index contributed by atoms with van der Waals surface area (Å²) in [5, 5.41) is 5.95. The van der Waals surface area contributed by atoms with Gasteiger partial charge in [0.05, 0.1) is 23.3 Å². The fraction of sp³-hybridized carbons (Fsp3) is 0.235. The molecule has 2 atom stereocenters. The van der Waals surface area contributed by atoms with Crippen LogP contribution in [0.3, 0.4) is 0 Å². The van der Waals surface area contributed by atoms with Gasteiger partial charge in [0, 0.05) is 21.2 Å². The van der Waals surface area contributed by atoms with Crippen LogP contribution in [0.5, 0.6) is 11.5 Å². The van der Waals surface area contributed by atoms with E-state index in [1.54, 1.807) is 12.1 Å². The van der Waals surface area contributed by atoms with Crippen LogP contribution in [-0.2, 0) is 0 Å².